The van der Waals surface area contributed by atoms with Crippen LogP contribution in [0, 0.1) is 5.92 Å². The molecule has 0 unspecified atom stereocenters. The second-order valence-electron chi connectivity index (χ2n) is 5.11. The number of nitrogens with one attached hydrogen (secondary N) is 1. The highest BCUT2D eigenvalue weighted by Gasteiger charge is 2.08. The fourth-order valence-corrected chi connectivity index (χ4v) is 1.55. The molecule has 110 valence electrons. The van der Waals surface area contributed by atoms with Gasteiger partial charge in [0.1, 0.15) is 0 Å². The fourth-order valence-electron chi connectivity index (χ4n) is 1.55. The van der Waals surface area contributed by atoms with Crippen LogP contribution in [0.4, 0.5) is 5.69 Å². The van der Waals surface area contributed by atoms with Gasteiger partial charge >= 0.3 is 5.97 Å². The SMILES string of the molecule is CC(C)CCNC(=O)COC(=O)Cc1ccc(N)cc1. The van der Waals surface area contributed by atoms with Crippen LogP contribution >= 0.6 is 0 Å². The number of carbonyl (C=O) groups excluding carboxylic acids is 2. The van der Waals surface area contributed by atoms with Crippen molar-refractivity contribution in [3.05, 3.63) is 29.8 Å². The highest BCUT2D eigenvalue weighted by Crippen LogP contribution is 2.06. The van der Waals surface area contributed by atoms with E-state index in [9.17, 15) is 9.59 Å². The number of hydrogen-bond donors (Lipinski definition) is 2. The minimum absolute atomic E-state index is 0.138. The Hall–Kier alpha value is -2.04. The van der Waals surface area contributed by atoms with E-state index < -0.39 is 5.97 Å². The van der Waals surface area contributed by atoms with Gasteiger partial charge in [-0.15, -0.1) is 0 Å². The average Bonchev–Trinajstić information content (AvgIpc) is 2.39. The number of anilines is 1. The number of rotatable bonds is 7. The predicted molar refractivity (Wildman–Crippen MR) is 78.0 cm³/mol. The van der Waals surface area contributed by atoms with E-state index in [2.05, 4.69) is 19.2 Å². The second kappa shape index (κ2) is 8.19. The van der Waals surface area contributed by atoms with Gasteiger partial charge in [-0.3, -0.25) is 9.59 Å². The summed E-state index contributed by atoms with van der Waals surface area (Å²) >= 11 is 0. The number of amides is 1. The average molecular weight is 278 g/mol. The quantitative estimate of drug-likeness (QED) is 0.585. The maximum absolute atomic E-state index is 11.6. The molecule has 5 nitrogen and oxygen atoms in total. The molecule has 0 aromatic heterocycles. The van der Waals surface area contributed by atoms with Crippen LogP contribution in [0.2, 0.25) is 0 Å². The number of esters is 1. The summed E-state index contributed by atoms with van der Waals surface area (Å²) in [7, 11) is 0. The highest BCUT2D eigenvalue weighted by atomic mass is 16.5. The van der Waals surface area contributed by atoms with E-state index in [4.69, 9.17) is 10.5 Å². The summed E-state index contributed by atoms with van der Waals surface area (Å²) in [5.74, 6) is -0.159. The predicted octanol–water partition coefficient (Wildman–Crippen LogP) is 1.52. The van der Waals surface area contributed by atoms with Crippen LogP contribution in [-0.4, -0.2) is 25.0 Å². The molecule has 0 saturated heterocycles. The first-order valence-corrected chi connectivity index (χ1v) is 6.74. The zero-order valence-electron chi connectivity index (χ0n) is 12.0. The van der Waals surface area contributed by atoms with Crippen molar-refractivity contribution in [1.29, 1.82) is 0 Å². The van der Waals surface area contributed by atoms with Gasteiger partial charge in [-0.05, 0) is 30.0 Å². The molecule has 0 radical (unpaired) electrons. The van der Waals surface area contributed by atoms with Gasteiger partial charge in [0, 0.05) is 12.2 Å². The molecule has 1 aromatic carbocycles. The zero-order valence-corrected chi connectivity index (χ0v) is 12.0. The lowest BCUT2D eigenvalue weighted by molar-refractivity contribution is -0.147. The molecule has 0 saturated carbocycles. The largest absolute Gasteiger partial charge is 0.455 e. The minimum Gasteiger partial charge on any atom is -0.455 e. The molecular formula is C15H22N2O3. The van der Waals surface area contributed by atoms with Crippen molar-refractivity contribution < 1.29 is 14.3 Å². The van der Waals surface area contributed by atoms with E-state index in [0.29, 0.717) is 18.2 Å². The Morgan fingerprint density at radius 3 is 2.50 bits per heavy atom. The van der Waals surface area contributed by atoms with Crippen LogP contribution in [-0.2, 0) is 20.7 Å². The Labute approximate surface area is 119 Å². The molecule has 20 heavy (non-hydrogen) atoms. The van der Waals surface area contributed by atoms with Gasteiger partial charge in [0.25, 0.3) is 5.91 Å². The second-order valence-corrected chi connectivity index (χ2v) is 5.11. The van der Waals surface area contributed by atoms with Crippen molar-refractivity contribution in [2.75, 3.05) is 18.9 Å². The number of hydrogen-bond acceptors (Lipinski definition) is 4. The van der Waals surface area contributed by atoms with Crippen LogP contribution in [0.1, 0.15) is 25.8 Å². The summed E-state index contributed by atoms with van der Waals surface area (Å²) in [6, 6.07) is 6.97. The lowest BCUT2D eigenvalue weighted by atomic mass is 10.1. The third-order valence-corrected chi connectivity index (χ3v) is 2.74. The molecular weight excluding hydrogens is 256 g/mol. The Bertz CT molecular complexity index is 441. The minimum atomic E-state index is -0.422. The third kappa shape index (κ3) is 6.78. The molecule has 1 rings (SSSR count). The van der Waals surface area contributed by atoms with Crippen LogP contribution < -0.4 is 11.1 Å². The summed E-state index contributed by atoms with van der Waals surface area (Å²) in [5.41, 5.74) is 7.01. The third-order valence-electron chi connectivity index (χ3n) is 2.74. The molecule has 0 heterocycles. The highest BCUT2D eigenvalue weighted by molar-refractivity contribution is 5.81. The Balaban J connectivity index is 2.22. The number of nitrogen functional groups attached to an aromatic ring is 1. The summed E-state index contributed by atoms with van der Waals surface area (Å²) in [5, 5.41) is 2.71. The van der Waals surface area contributed by atoms with Crippen molar-refractivity contribution in [2.24, 2.45) is 5.92 Å². The van der Waals surface area contributed by atoms with Gasteiger partial charge < -0.3 is 15.8 Å². The van der Waals surface area contributed by atoms with Gasteiger partial charge in [-0.25, -0.2) is 0 Å². The number of nitrogens with two attached hydrogens (primary N) is 1. The first-order chi connectivity index (χ1) is 9.47. The van der Waals surface area contributed by atoms with E-state index >= 15 is 0 Å². The van der Waals surface area contributed by atoms with Crippen molar-refractivity contribution in [2.45, 2.75) is 26.7 Å². The van der Waals surface area contributed by atoms with Gasteiger partial charge in [-0.2, -0.15) is 0 Å². The maximum atomic E-state index is 11.6. The molecule has 0 aliphatic carbocycles. The number of benzene rings is 1. The van der Waals surface area contributed by atoms with E-state index in [1.54, 1.807) is 24.3 Å². The van der Waals surface area contributed by atoms with Crippen molar-refractivity contribution >= 4 is 17.6 Å². The lowest BCUT2D eigenvalue weighted by Crippen LogP contribution is -2.30. The van der Waals surface area contributed by atoms with Crippen molar-refractivity contribution in [3.8, 4) is 0 Å². The zero-order chi connectivity index (χ0) is 15.0. The van der Waals surface area contributed by atoms with E-state index in [1.807, 2.05) is 0 Å². The molecule has 0 atom stereocenters. The van der Waals surface area contributed by atoms with Crippen LogP contribution in [0.15, 0.2) is 24.3 Å². The molecule has 5 heteroatoms. The normalized spacial score (nSPS) is 10.3. The Kier molecular flexibility index (Phi) is 6.56. The Morgan fingerprint density at radius 1 is 1.25 bits per heavy atom. The maximum Gasteiger partial charge on any atom is 0.310 e. The van der Waals surface area contributed by atoms with E-state index in [-0.39, 0.29) is 18.9 Å². The first-order valence-electron chi connectivity index (χ1n) is 6.74. The summed E-state index contributed by atoms with van der Waals surface area (Å²) in [6.07, 6.45) is 1.05. The number of ether oxygens (including phenoxy) is 1. The van der Waals surface area contributed by atoms with Crippen molar-refractivity contribution in [3.63, 3.8) is 0 Å². The lowest BCUT2D eigenvalue weighted by Gasteiger charge is -2.08. The summed E-state index contributed by atoms with van der Waals surface area (Å²) in [4.78, 5) is 23.0. The molecule has 0 aliphatic rings. The van der Waals surface area contributed by atoms with Crippen LogP contribution in [0.3, 0.4) is 0 Å². The molecule has 1 aromatic rings. The van der Waals surface area contributed by atoms with E-state index in [0.717, 1.165) is 12.0 Å². The molecule has 0 aliphatic heterocycles. The molecule has 0 spiro atoms. The van der Waals surface area contributed by atoms with Gasteiger partial charge in [0.05, 0.1) is 6.42 Å². The molecule has 1 amide bonds. The van der Waals surface area contributed by atoms with Gasteiger partial charge in [-0.1, -0.05) is 26.0 Å². The van der Waals surface area contributed by atoms with Gasteiger partial charge in [0.2, 0.25) is 0 Å². The van der Waals surface area contributed by atoms with Crippen LogP contribution in [0.25, 0.3) is 0 Å². The van der Waals surface area contributed by atoms with Gasteiger partial charge in [0.15, 0.2) is 6.61 Å². The first kappa shape index (κ1) is 16.0. The topological polar surface area (TPSA) is 81.4 Å². The monoisotopic (exact) mass is 278 g/mol. The van der Waals surface area contributed by atoms with Crippen LogP contribution in [0.5, 0.6) is 0 Å². The standard InChI is InChI=1S/C15H22N2O3/c1-11(2)7-8-17-14(18)10-20-15(19)9-12-3-5-13(16)6-4-12/h3-6,11H,7-10,16H2,1-2H3,(H,17,18). The summed E-state index contributed by atoms with van der Waals surface area (Å²) in [6.45, 7) is 4.54. The molecule has 0 fully saturated rings. The van der Waals surface area contributed by atoms with Crippen molar-refractivity contribution in [1.82, 2.24) is 5.32 Å². The smallest absolute Gasteiger partial charge is 0.310 e. The Morgan fingerprint density at radius 2 is 1.90 bits per heavy atom. The summed E-state index contributed by atoms with van der Waals surface area (Å²) < 4.78 is 4.91. The molecule has 0 bridgehead atoms. The fraction of sp³-hybridized carbons (Fsp3) is 0.467. The number of carbonyl (C=O) groups is 2. The van der Waals surface area contributed by atoms with E-state index in [1.165, 1.54) is 0 Å². The molecule has 3 N–H and O–H groups in total.